The highest BCUT2D eigenvalue weighted by molar-refractivity contribution is 5.23. The van der Waals surface area contributed by atoms with Gasteiger partial charge in [-0.05, 0) is 13.3 Å². The minimum atomic E-state index is -0.655. The highest BCUT2D eigenvalue weighted by atomic mass is 16.3. The molecule has 2 heteroatoms. The Kier molecular flexibility index (Phi) is 2.70. The minimum Gasteiger partial charge on any atom is -0.394 e. The second-order valence-corrected chi connectivity index (χ2v) is 3.75. The molecule has 0 aromatic heterocycles. The number of rotatable bonds is 2. The molecular weight excluding hydrogens is 152 g/mol. The summed E-state index contributed by atoms with van der Waals surface area (Å²) >= 11 is 0. The fourth-order valence-corrected chi connectivity index (χ4v) is 1.59. The average Bonchev–Trinajstić information content (AvgIpc) is 2.02. The van der Waals surface area contributed by atoms with E-state index in [0.29, 0.717) is 0 Å². The van der Waals surface area contributed by atoms with Crippen molar-refractivity contribution in [2.75, 3.05) is 6.61 Å². The van der Waals surface area contributed by atoms with Crippen LogP contribution in [0.2, 0.25) is 0 Å². The van der Waals surface area contributed by atoms with Crippen LogP contribution in [0.15, 0.2) is 23.8 Å². The zero-order chi connectivity index (χ0) is 9.19. The molecule has 68 valence electrons. The molecule has 1 rings (SSSR count). The van der Waals surface area contributed by atoms with Crippen LogP contribution in [0.1, 0.15) is 20.3 Å². The molecule has 0 saturated carbocycles. The maximum Gasteiger partial charge on any atom is 0.0861 e. The molecule has 2 atom stereocenters. The van der Waals surface area contributed by atoms with Crippen LogP contribution in [-0.2, 0) is 0 Å². The number of aliphatic hydroxyl groups excluding tert-OH is 2. The monoisotopic (exact) mass is 168 g/mol. The maximum absolute atomic E-state index is 9.53. The molecule has 0 amide bonds. The molecule has 0 aliphatic heterocycles. The number of allylic oxidation sites excluding steroid dienone is 3. The quantitative estimate of drug-likeness (QED) is 0.651. The average molecular weight is 168 g/mol. The molecule has 1 aliphatic carbocycles. The summed E-state index contributed by atoms with van der Waals surface area (Å²) in [5.41, 5.74) is 0.959. The molecule has 2 nitrogen and oxygen atoms in total. The van der Waals surface area contributed by atoms with Gasteiger partial charge in [0.2, 0.25) is 0 Å². The summed E-state index contributed by atoms with van der Waals surface area (Å²) in [4.78, 5) is 0. The Hall–Kier alpha value is -0.600. The van der Waals surface area contributed by atoms with Gasteiger partial charge in [0.1, 0.15) is 0 Å². The van der Waals surface area contributed by atoms with Crippen LogP contribution in [-0.4, -0.2) is 22.9 Å². The minimum absolute atomic E-state index is 0.172. The summed E-state index contributed by atoms with van der Waals surface area (Å²) in [6, 6.07) is 0. The van der Waals surface area contributed by atoms with E-state index in [1.165, 1.54) is 5.57 Å². The molecule has 1 aliphatic rings. The van der Waals surface area contributed by atoms with Crippen molar-refractivity contribution >= 4 is 0 Å². The van der Waals surface area contributed by atoms with Crippen molar-refractivity contribution in [3.63, 3.8) is 0 Å². The summed E-state index contributed by atoms with van der Waals surface area (Å²) in [6.07, 6.45) is 6.10. The van der Waals surface area contributed by atoms with Crippen LogP contribution >= 0.6 is 0 Å². The zero-order valence-corrected chi connectivity index (χ0v) is 7.62. The maximum atomic E-state index is 9.53. The Bertz CT molecular complexity index is 218. The van der Waals surface area contributed by atoms with E-state index < -0.39 is 6.10 Å². The Labute approximate surface area is 73.2 Å². The summed E-state index contributed by atoms with van der Waals surface area (Å²) in [5, 5.41) is 18.4. The smallest absolute Gasteiger partial charge is 0.0861 e. The van der Waals surface area contributed by atoms with Crippen LogP contribution in [0, 0.1) is 5.41 Å². The molecule has 12 heavy (non-hydrogen) atoms. The van der Waals surface area contributed by atoms with E-state index in [9.17, 15) is 5.11 Å². The molecule has 2 unspecified atom stereocenters. The Morgan fingerprint density at radius 3 is 2.83 bits per heavy atom. The summed E-state index contributed by atoms with van der Waals surface area (Å²) < 4.78 is 0. The van der Waals surface area contributed by atoms with Crippen LogP contribution in [0.25, 0.3) is 0 Å². The molecule has 0 aromatic carbocycles. The van der Waals surface area contributed by atoms with E-state index in [-0.39, 0.29) is 12.0 Å². The number of hydrogen-bond acceptors (Lipinski definition) is 2. The second kappa shape index (κ2) is 3.42. The fraction of sp³-hybridized carbons (Fsp3) is 0.600. The first-order valence-corrected chi connectivity index (χ1v) is 4.22. The van der Waals surface area contributed by atoms with Gasteiger partial charge in [-0.2, -0.15) is 0 Å². The fourth-order valence-electron chi connectivity index (χ4n) is 1.59. The summed E-state index contributed by atoms with van der Waals surface area (Å²) in [6.45, 7) is 3.82. The van der Waals surface area contributed by atoms with Crippen molar-refractivity contribution in [1.82, 2.24) is 0 Å². The van der Waals surface area contributed by atoms with Gasteiger partial charge in [-0.15, -0.1) is 0 Å². The van der Waals surface area contributed by atoms with E-state index in [1.807, 2.05) is 32.1 Å². The molecule has 0 spiro atoms. The van der Waals surface area contributed by atoms with Gasteiger partial charge in [0.25, 0.3) is 0 Å². The van der Waals surface area contributed by atoms with Crippen molar-refractivity contribution in [1.29, 1.82) is 0 Å². The summed E-state index contributed by atoms with van der Waals surface area (Å²) in [5.74, 6) is 0. The van der Waals surface area contributed by atoms with Gasteiger partial charge < -0.3 is 10.2 Å². The predicted molar refractivity (Wildman–Crippen MR) is 48.7 cm³/mol. The molecular formula is C10H16O2. The van der Waals surface area contributed by atoms with Gasteiger partial charge >= 0.3 is 0 Å². The van der Waals surface area contributed by atoms with Gasteiger partial charge in [-0.3, -0.25) is 0 Å². The molecule has 0 heterocycles. The van der Waals surface area contributed by atoms with Gasteiger partial charge in [-0.1, -0.05) is 30.7 Å². The lowest BCUT2D eigenvalue weighted by atomic mass is 9.76. The van der Waals surface area contributed by atoms with Gasteiger partial charge in [0.05, 0.1) is 12.7 Å². The van der Waals surface area contributed by atoms with Crippen LogP contribution in [0.3, 0.4) is 0 Å². The number of aliphatic hydroxyl groups is 2. The second-order valence-electron chi connectivity index (χ2n) is 3.75. The van der Waals surface area contributed by atoms with E-state index in [2.05, 4.69) is 0 Å². The highest BCUT2D eigenvalue weighted by Crippen LogP contribution is 2.34. The third kappa shape index (κ3) is 1.76. The molecule has 2 N–H and O–H groups in total. The lowest BCUT2D eigenvalue weighted by Gasteiger charge is -2.32. The van der Waals surface area contributed by atoms with E-state index in [4.69, 9.17) is 5.11 Å². The van der Waals surface area contributed by atoms with Crippen molar-refractivity contribution in [3.8, 4) is 0 Å². The number of hydrogen-bond donors (Lipinski definition) is 2. The van der Waals surface area contributed by atoms with Crippen molar-refractivity contribution < 1.29 is 10.2 Å². The Balaban J connectivity index is 2.75. The van der Waals surface area contributed by atoms with Gasteiger partial charge in [-0.25, -0.2) is 0 Å². The topological polar surface area (TPSA) is 40.5 Å². The van der Waals surface area contributed by atoms with Crippen LogP contribution in [0.4, 0.5) is 0 Å². The lowest BCUT2D eigenvalue weighted by molar-refractivity contribution is 0.0183. The van der Waals surface area contributed by atoms with E-state index in [1.54, 1.807) is 0 Å². The van der Waals surface area contributed by atoms with Crippen LogP contribution in [0.5, 0.6) is 0 Å². The molecule has 0 radical (unpaired) electrons. The molecule has 0 fully saturated rings. The highest BCUT2D eigenvalue weighted by Gasteiger charge is 2.31. The third-order valence-electron chi connectivity index (χ3n) is 2.45. The Morgan fingerprint density at radius 1 is 1.67 bits per heavy atom. The van der Waals surface area contributed by atoms with E-state index in [0.717, 1.165) is 6.42 Å². The Morgan fingerprint density at radius 2 is 2.33 bits per heavy atom. The third-order valence-corrected chi connectivity index (χ3v) is 2.45. The zero-order valence-electron chi connectivity index (χ0n) is 7.62. The standard InChI is InChI=1S/C10H16O2/c1-8-4-3-5-10(2,6-8)9(12)7-11/h3-5,9,11-12H,6-7H2,1-2H3. The first kappa shape index (κ1) is 9.49. The van der Waals surface area contributed by atoms with Gasteiger partial charge in [0, 0.05) is 5.41 Å². The van der Waals surface area contributed by atoms with Crippen molar-refractivity contribution in [3.05, 3.63) is 23.8 Å². The molecule has 0 bridgehead atoms. The van der Waals surface area contributed by atoms with Gasteiger partial charge in [0.15, 0.2) is 0 Å². The normalized spacial score (nSPS) is 31.5. The first-order chi connectivity index (χ1) is 5.58. The first-order valence-electron chi connectivity index (χ1n) is 4.22. The van der Waals surface area contributed by atoms with Crippen molar-refractivity contribution in [2.24, 2.45) is 5.41 Å². The van der Waals surface area contributed by atoms with E-state index >= 15 is 0 Å². The van der Waals surface area contributed by atoms with Crippen molar-refractivity contribution in [2.45, 2.75) is 26.4 Å². The molecule has 0 aromatic rings. The largest absolute Gasteiger partial charge is 0.394 e. The lowest BCUT2D eigenvalue weighted by Crippen LogP contribution is -2.34. The predicted octanol–water partition coefficient (Wildman–Crippen LogP) is 1.25. The van der Waals surface area contributed by atoms with Crippen LogP contribution < -0.4 is 0 Å². The SMILES string of the molecule is CC1=CC=CC(C)(C(O)CO)C1. The molecule has 0 saturated heterocycles. The summed E-state index contributed by atoms with van der Waals surface area (Å²) in [7, 11) is 0.